The Morgan fingerprint density at radius 2 is 1.51 bits per heavy atom. The van der Waals surface area contributed by atoms with Crippen LogP contribution in [0.5, 0.6) is 0 Å². The summed E-state index contributed by atoms with van der Waals surface area (Å²) >= 11 is 0. The van der Waals surface area contributed by atoms with Crippen molar-refractivity contribution in [2.24, 2.45) is 5.73 Å². The molecule has 0 aliphatic rings. The Kier molecular flexibility index (Phi) is 9.35. The number of fused-ring (bicyclic) bond motifs is 2. The second kappa shape index (κ2) is 13.1. The number of aromatic amines is 2. The first-order valence-corrected chi connectivity index (χ1v) is 13.1. The predicted molar refractivity (Wildman–Crippen MR) is 149 cm³/mol. The van der Waals surface area contributed by atoms with Gasteiger partial charge in [0, 0.05) is 47.3 Å². The number of H-pyrrole nitrogens is 2. The van der Waals surface area contributed by atoms with Crippen molar-refractivity contribution in [1.82, 2.24) is 25.5 Å². The van der Waals surface area contributed by atoms with Crippen molar-refractivity contribution in [3.63, 3.8) is 0 Å². The van der Waals surface area contributed by atoms with E-state index in [1.54, 1.807) is 4.90 Å². The standard InChI is InChI=1S/C29H38N6O2/c1-31-15-7-6-10-25(30)29(37)35(17-14-22-19-34-27-12-5-3-9-24(22)27)20-28(36)32-16-13-21-18-33-26-11-4-2-8-23(21)26/h2-5,8-9,11-12,18-19,25,31,33-34H,6-7,10,13-17,20,30H2,1H3,(H,32,36)/t25-/m0/s1. The van der Waals surface area contributed by atoms with E-state index in [-0.39, 0.29) is 18.4 Å². The van der Waals surface area contributed by atoms with Gasteiger partial charge in [-0.1, -0.05) is 42.8 Å². The third kappa shape index (κ3) is 6.99. The first-order chi connectivity index (χ1) is 18.1. The van der Waals surface area contributed by atoms with Crippen LogP contribution in [0, 0.1) is 0 Å². The summed E-state index contributed by atoms with van der Waals surface area (Å²) in [5.41, 5.74) is 10.7. The first kappa shape index (κ1) is 26.4. The number of nitrogens with one attached hydrogen (secondary N) is 4. The van der Waals surface area contributed by atoms with E-state index in [0.29, 0.717) is 32.4 Å². The Balaban J connectivity index is 1.36. The average Bonchev–Trinajstić information content (AvgIpc) is 3.53. The Morgan fingerprint density at radius 3 is 2.16 bits per heavy atom. The van der Waals surface area contributed by atoms with Gasteiger partial charge in [0.25, 0.3) is 0 Å². The number of unbranched alkanes of at least 4 members (excludes halogenated alkanes) is 1. The van der Waals surface area contributed by atoms with Crippen molar-refractivity contribution < 1.29 is 9.59 Å². The molecule has 2 amide bonds. The van der Waals surface area contributed by atoms with Crippen LogP contribution in [0.4, 0.5) is 0 Å². The zero-order valence-electron chi connectivity index (χ0n) is 21.6. The molecule has 0 unspecified atom stereocenters. The van der Waals surface area contributed by atoms with Crippen LogP contribution in [0.25, 0.3) is 21.8 Å². The van der Waals surface area contributed by atoms with Crippen LogP contribution < -0.4 is 16.4 Å². The maximum absolute atomic E-state index is 13.3. The SMILES string of the molecule is CNCCCC[C@H](N)C(=O)N(CCc1c[nH]c2ccccc12)CC(=O)NCCc1c[nH]c2ccccc12. The Hall–Kier alpha value is -3.62. The van der Waals surface area contributed by atoms with Crippen molar-refractivity contribution in [3.05, 3.63) is 72.1 Å². The van der Waals surface area contributed by atoms with Gasteiger partial charge in [0.1, 0.15) is 0 Å². The summed E-state index contributed by atoms with van der Waals surface area (Å²) in [5.74, 6) is -0.342. The van der Waals surface area contributed by atoms with Gasteiger partial charge in [0.05, 0.1) is 12.6 Å². The van der Waals surface area contributed by atoms with Gasteiger partial charge in [-0.05, 0) is 62.5 Å². The van der Waals surface area contributed by atoms with E-state index in [4.69, 9.17) is 5.73 Å². The number of carbonyl (C=O) groups is 2. The minimum Gasteiger partial charge on any atom is -0.361 e. The van der Waals surface area contributed by atoms with E-state index in [9.17, 15) is 9.59 Å². The number of aromatic nitrogens is 2. The fraction of sp³-hybridized carbons (Fsp3) is 0.379. The molecule has 0 spiro atoms. The summed E-state index contributed by atoms with van der Waals surface area (Å²) < 4.78 is 0. The van der Waals surface area contributed by atoms with Gasteiger partial charge < -0.3 is 31.2 Å². The minimum absolute atomic E-state index is 0.000705. The van der Waals surface area contributed by atoms with Crippen LogP contribution in [0.2, 0.25) is 0 Å². The molecule has 2 aromatic carbocycles. The molecular formula is C29H38N6O2. The van der Waals surface area contributed by atoms with Gasteiger partial charge in [0.2, 0.25) is 11.8 Å². The highest BCUT2D eigenvalue weighted by Gasteiger charge is 2.23. The molecule has 6 N–H and O–H groups in total. The number of nitrogens with zero attached hydrogens (tertiary/aromatic N) is 1. The van der Waals surface area contributed by atoms with Crippen molar-refractivity contribution in [2.45, 2.75) is 38.1 Å². The van der Waals surface area contributed by atoms with E-state index < -0.39 is 6.04 Å². The largest absolute Gasteiger partial charge is 0.361 e. The van der Waals surface area contributed by atoms with Crippen LogP contribution in [-0.2, 0) is 22.4 Å². The summed E-state index contributed by atoms with van der Waals surface area (Å²) in [7, 11) is 1.91. The lowest BCUT2D eigenvalue weighted by molar-refractivity contribution is -0.137. The number of rotatable bonds is 14. The molecule has 0 aliphatic carbocycles. The van der Waals surface area contributed by atoms with E-state index in [1.807, 2.05) is 55.8 Å². The van der Waals surface area contributed by atoms with Gasteiger partial charge in [-0.15, -0.1) is 0 Å². The molecule has 4 rings (SSSR count). The van der Waals surface area contributed by atoms with E-state index in [1.165, 1.54) is 0 Å². The molecule has 2 aromatic heterocycles. The maximum Gasteiger partial charge on any atom is 0.239 e. The quantitative estimate of drug-likeness (QED) is 0.170. The molecule has 8 nitrogen and oxygen atoms in total. The predicted octanol–water partition coefficient (Wildman–Crippen LogP) is 3.10. The number of benzene rings is 2. The average molecular weight is 503 g/mol. The van der Waals surface area contributed by atoms with Crippen molar-refractivity contribution in [1.29, 1.82) is 0 Å². The van der Waals surface area contributed by atoms with Crippen molar-refractivity contribution in [3.8, 4) is 0 Å². The second-order valence-corrected chi connectivity index (χ2v) is 9.53. The van der Waals surface area contributed by atoms with Crippen LogP contribution in [0.3, 0.4) is 0 Å². The lowest BCUT2D eigenvalue weighted by Gasteiger charge is -2.25. The number of carbonyl (C=O) groups excluding carboxylic acids is 2. The highest BCUT2D eigenvalue weighted by atomic mass is 16.2. The van der Waals surface area contributed by atoms with Crippen molar-refractivity contribution in [2.75, 3.05) is 33.2 Å². The Morgan fingerprint density at radius 1 is 0.892 bits per heavy atom. The molecule has 37 heavy (non-hydrogen) atoms. The number of amides is 2. The zero-order chi connectivity index (χ0) is 26.0. The number of nitrogens with two attached hydrogens (primary N) is 1. The van der Waals surface area contributed by atoms with Gasteiger partial charge in [-0.25, -0.2) is 0 Å². The first-order valence-electron chi connectivity index (χ1n) is 13.1. The zero-order valence-corrected chi connectivity index (χ0v) is 21.6. The molecule has 0 bridgehead atoms. The normalized spacial score (nSPS) is 12.2. The summed E-state index contributed by atoms with van der Waals surface area (Å²) in [4.78, 5) is 34.3. The topological polar surface area (TPSA) is 119 Å². The highest BCUT2D eigenvalue weighted by Crippen LogP contribution is 2.19. The second-order valence-electron chi connectivity index (χ2n) is 9.53. The van der Waals surface area contributed by atoms with Gasteiger partial charge in [-0.3, -0.25) is 9.59 Å². The lowest BCUT2D eigenvalue weighted by atomic mass is 10.1. The van der Waals surface area contributed by atoms with Crippen LogP contribution in [0.1, 0.15) is 30.4 Å². The number of hydrogen-bond acceptors (Lipinski definition) is 4. The van der Waals surface area contributed by atoms with Crippen LogP contribution in [-0.4, -0.2) is 66.0 Å². The smallest absolute Gasteiger partial charge is 0.239 e. The molecular weight excluding hydrogens is 464 g/mol. The molecule has 0 saturated carbocycles. The maximum atomic E-state index is 13.3. The van der Waals surface area contributed by atoms with E-state index >= 15 is 0 Å². The van der Waals surface area contributed by atoms with Crippen LogP contribution in [0.15, 0.2) is 60.9 Å². The molecule has 0 aliphatic heterocycles. The fourth-order valence-corrected chi connectivity index (χ4v) is 4.79. The Labute approximate surface area is 218 Å². The molecule has 0 fully saturated rings. The summed E-state index contributed by atoms with van der Waals surface area (Å²) in [6, 6.07) is 15.6. The third-order valence-electron chi connectivity index (χ3n) is 6.87. The van der Waals surface area contributed by atoms with E-state index in [2.05, 4.69) is 32.7 Å². The summed E-state index contributed by atoms with van der Waals surface area (Å²) in [6.45, 7) is 1.82. The summed E-state index contributed by atoms with van der Waals surface area (Å²) in [5, 5.41) is 8.40. The van der Waals surface area contributed by atoms with Gasteiger partial charge >= 0.3 is 0 Å². The lowest BCUT2D eigenvalue weighted by Crippen LogP contribution is -2.48. The Bertz CT molecular complexity index is 1310. The molecule has 0 radical (unpaired) electrons. The molecule has 2 heterocycles. The summed E-state index contributed by atoms with van der Waals surface area (Å²) in [6.07, 6.45) is 7.75. The number of hydrogen-bond donors (Lipinski definition) is 5. The molecule has 8 heteroatoms. The molecule has 0 saturated heterocycles. The number of para-hydroxylation sites is 2. The van der Waals surface area contributed by atoms with Gasteiger partial charge in [0.15, 0.2) is 0 Å². The van der Waals surface area contributed by atoms with Gasteiger partial charge in [-0.2, -0.15) is 0 Å². The molecule has 196 valence electrons. The molecule has 4 aromatic rings. The monoisotopic (exact) mass is 502 g/mol. The highest BCUT2D eigenvalue weighted by molar-refractivity contribution is 5.88. The minimum atomic E-state index is -0.612. The fourth-order valence-electron chi connectivity index (χ4n) is 4.79. The van der Waals surface area contributed by atoms with E-state index in [0.717, 1.165) is 52.3 Å². The third-order valence-corrected chi connectivity index (χ3v) is 6.87. The van der Waals surface area contributed by atoms with Crippen LogP contribution >= 0.6 is 0 Å². The van der Waals surface area contributed by atoms with Crippen molar-refractivity contribution >= 4 is 33.6 Å². The molecule has 1 atom stereocenters.